The summed E-state index contributed by atoms with van der Waals surface area (Å²) in [6.07, 6.45) is 0.984. The van der Waals surface area contributed by atoms with Gasteiger partial charge in [0.15, 0.2) is 0 Å². The van der Waals surface area contributed by atoms with E-state index in [1.54, 1.807) is 17.0 Å². The van der Waals surface area contributed by atoms with Gasteiger partial charge < -0.3 is 9.64 Å². The summed E-state index contributed by atoms with van der Waals surface area (Å²) in [7, 11) is -2.66. The quantitative estimate of drug-likeness (QED) is 0.593. The van der Waals surface area contributed by atoms with Crippen molar-refractivity contribution >= 4 is 39.2 Å². The molecule has 0 saturated carbocycles. The highest BCUT2D eigenvalue weighted by atomic mass is 35.5. The van der Waals surface area contributed by atoms with Crippen molar-refractivity contribution in [1.29, 1.82) is 0 Å². The normalized spacial score (nSPS) is 14.8. The van der Waals surface area contributed by atoms with Crippen LogP contribution in [0.4, 0.5) is 5.69 Å². The van der Waals surface area contributed by atoms with Crippen LogP contribution in [-0.2, 0) is 24.3 Å². The molecule has 0 radical (unpaired) electrons. The zero-order valence-corrected chi connectivity index (χ0v) is 19.9. The number of hydrogen-bond acceptors (Lipinski definition) is 5. The fraction of sp³-hybridized carbons (Fsp3) is 0.391. The molecule has 1 fully saturated rings. The lowest BCUT2D eigenvalue weighted by molar-refractivity contribution is -0.148. The van der Waals surface area contributed by atoms with E-state index in [-0.39, 0.29) is 29.2 Å². The maximum absolute atomic E-state index is 13.5. The van der Waals surface area contributed by atoms with Gasteiger partial charge in [0.2, 0.25) is 5.91 Å². The molecule has 1 amide bonds. The van der Waals surface area contributed by atoms with Gasteiger partial charge in [-0.2, -0.15) is 0 Å². The molecule has 172 valence electrons. The Balaban J connectivity index is 1.88. The monoisotopic (exact) mass is 478 g/mol. The largest absolute Gasteiger partial charge is 0.469 e. The van der Waals surface area contributed by atoms with Gasteiger partial charge in [-0.25, -0.2) is 8.42 Å². The zero-order chi connectivity index (χ0) is 23.5. The van der Waals surface area contributed by atoms with E-state index in [1.165, 1.54) is 31.4 Å². The van der Waals surface area contributed by atoms with E-state index in [4.69, 9.17) is 16.3 Å². The summed E-state index contributed by atoms with van der Waals surface area (Å²) in [5.41, 5.74) is 2.36. The fourth-order valence-corrected chi connectivity index (χ4v) is 5.22. The lowest BCUT2D eigenvalue weighted by Crippen LogP contribution is -2.46. The number of esters is 1. The molecule has 0 aliphatic carbocycles. The fourth-order valence-electron chi connectivity index (χ4n) is 3.68. The standard InChI is InChI=1S/C23H27ClN2O5S/c1-16-4-7-20(14-17(16)2)26(32(29,30)21-8-5-19(24)6-9-21)15-22(27)25-12-10-18(11-13-25)23(28)31-3/h4-9,14,18H,10-13,15H2,1-3H3. The van der Waals surface area contributed by atoms with Crippen LogP contribution in [0.1, 0.15) is 24.0 Å². The second-order valence-electron chi connectivity index (χ2n) is 7.91. The molecule has 0 bridgehead atoms. The third-order valence-corrected chi connectivity index (χ3v) is 7.88. The Labute approximate surface area is 194 Å². The van der Waals surface area contributed by atoms with Crippen LogP contribution in [0.15, 0.2) is 47.4 Å². The number of methoxy groups -OCH3 is 1. The van der Waals surface area contributed by atoms with Gasteiger partial charge in [0.25, 0.3) is 10.0 Å². The molecule has 7 nitrogen and oxygen atoms in total. The van der Waals surface area contributed by atoms with Crippen molar-refractivity contribution in [3.63, 3.8) is 0 Å². The topological polar surface area (TPSA) is 84.0 Å². The third kappa shape index (κ3) is 5.24. The zero-order valence-electron chi connectivity index (χ0n) is 18.4. The summed E-state index contributed by atoms with van der Waals surface area (Å²) in [5, 5.41) is 0.422. The Morgan fingerprint density at radius 2 is 1.69 bits per heavy atom. The van der Waals surface area contributed by atoms with Crippen molar-refractivity contribution in [2.45, 2.75) is 31.6 Å². The number of piperidine rings is 1. The van der Waals surface area contributed by atoms with Crippen molar-refractivity contribution in [3.05, 3.63) is 58.6 Å². The van der Waals surface area contributed by atoms with Crippen molar-refractivity contribution in [2.24, 2.45) is 5.92 Å². The summed E-state index contributed by atoms with van der Waals surface area (Å²) in [5.74, 6) is -0.832. The second kappa shape index (κ2) is 9.92. The number of amides is 1. The van der Waals surface area contributed by atoms with Gasteiger partial charge in [0, 0.05) is 18.1 Å². The summed E-state index contributed by atoms with van der Waals surface area (Å²) < 4.78 is 32.9. The molecule has 1 aliphatic rings. The second-order valence-corrected chi connectivity index (χ2v) is 10.2. The number of carbonyl (C=O) groups is 2. The van der Waals surface area contributed by atoms with Crippen LogP contribution in [-0.4, -0.2) is 51.9 Å². The molecule has 0 atom stereocenters. The van der Waals surface area contributed by atoms with Crippen molar-refractivity contribution < 1.29 is 22.7 Å². The van der Waals surface area contributed by atoms with Gasteiger partial charge in [-0.05, 0) is 74.2 Å². The number of ether oxygens (including phenoxy) is 1. The number of halogens is 1. The Morgan fingerprint density at radius 3 is 2.25 bits per heavy atom. The van der Waals surface area contributed by atoms with Crippen LogP contribution in [0.25, 0.3) is 0 Å². The van der Waals surface area contributed by atoms with Gasteiger partial charge >= 0.3 is 5.97 Å². The summed E-state index contributed by atoms with van der Waals surface area (Å²) in [6, 6.07) is 11.2. The highest BCUT2D eigenvalue weighted by molar-refractivity contribution is 7.92. The molecule has 2 aromatic carbocycles. The van der Waals surface area contributed by atoms with E-state index in [9.17, 15) is 18.0 Å². The van der Waals surface area contributed by atoms with E-state index in [0.717, 1.165) is 15.4 Å². The molecule has 0 N–H and O–H groups in total. The predicted octanol–water partition coefficient (Wildman–Crippen LogP) is 3.56. The molecule has 0 aromatic heterocycles. The molecule has 1 saturated heterocycles. The van der Waals surface area contributed by atoms with Crippen LogP contribution in [0, 0.1) is 19.8 Å². The number of likely N-dealkylation sites (tertiary alicyclic amines) is 1. The first kappa shape index (κ1) is 24.1. The number of sulfonamides is 1. The minimum atomic E-state index is -4.01. The number of aryl methyl sites for hydroxylation is 2. The molecule has 32 heavy (non-hydrogen) atoms. The van der Waals surface area contributed by atoms with E-state index < -0.39 is 10.0 Å². The van der Waals surface area contributed by atoms with E-state index in [0.29, 0.717) is 36.6 Å². The van der Waals surface area contributed by atoms with Gasteiger partial charge in [-0.1, -0.05) is 17.7 Å². The van der Waals surface area contributed by atoms with Gasteiger partial charge in [-0.3, -0.25) is 13.9 Å². The molecule has 9 heteroatoms. The third-order valence-electron chi connectivity index (χ3n) is 5.84. The van der Waals surface area contributed by atoms with Gasteiger partial charge in [-0.15, -0.1) is 0 Å². The van der Waals surface area contributed by atoms with Crippen LogP contribution in [0.2, 0.25) is 5.02 Å². The van der Waals surface area contributed by atoms with Gasteiger partial charge in [0.1, 0.15) is 6.54 Å². The molecule has 1 heterocycles. The summed E-state index contributed by atoms with van der Waals surface area (Å²) in [4.78, 5) is 26.5. The molecule has 1 aliphatic heterocycles. The molecule has 2 aromatic rings. The number of hydrogen-bond donors (Lipinski definition) is 0. The first-order chi connectivity index (χ1) is 15.1. The number of nitrogens with zero attached hydrogens (tertiary/aromatic N) is 2. The smallest absolute Gasteiger partial charge is 0.308 e. The Morgan fingerprint density at radius 1 is 1.06 bits per heavy atom. The average Bonchev–Trinajstić information content (AvgIpc) is 2.79. The maximum Gasteiger partial charge on any atom is 0.308 e. The predicted molar refractivity (Wildman–Crippen MR) is 123 cm³/mol. The van der Waals surface area contributed by atoms with E-state index >= 15 is 0 Å². The summed E-state index contributed by atoms with van der Waals surface area (Å²) in [6.45, 7) is 4.25. The summed E-state index contributed by atoms with van der Waals surface area (Å²) >= 11 is 5.92. The van der Waals surface area contributed by atoms with Crippen LogP contribution >= 0.6 is 11.6 Å². The Bertz CT molecular complexity index is 1090. The first-order valence-corrected chi connectivity index (χ1v) is 12.2. The minimum Gasteiger partial charge on any atom is -0.469 e. The lowest BCUT2D eigenvalue weighted by Gasteiger charge is -2.33. The minimum absolute atomic E-state index is 0.0531. The molecule has 0 unspecified atom stereocenters. The van der Waals surface area contributed by atoms with Crippen molar-refractivity contribution in [2.75, 3.05) is 31.0 Å². The number of rotatable bonds is 6. The number of carbonyl (C=O) groups excluding carboxylic acids is 2. The SMILES string of the molecule is COC(=O)C1CCN(C(=O)CN(c2ccc(C)c(C)c2)S(=O)(=O)c2ccc(Cl)cc2)CC1. The molecule has 0 spiro atoms. The molecular weight excluding hydrogens is 452 g/mol. The maximum atomic E-state index is 13.5. The lowest BCUT2D eigenvalue weighted by atomic mass is 9.97. The van der Waals surface area contributed by atoms with Crippen LogP contribution in [0.3, 0.4) is 0 Å². The highest BCUT2D eigenvalue weighted by Crippen LogP contribution is 2.27. The molecular formula is C23H27ClN2O5S. The van der Waals surface area contributed by atoms with Crippen LogP contribution < -0.4 is 4.31 Å². The highest BCUT2D eigenvalue weighted by Gasteiger charge is 2.32. The van der Waals surface area contributed by atoms with Crippen molar-refractivity contribution in [1.82, 2.24) is 4.90 Å². The number of anilines is 1. The average molecular weight is 479 g/mol. The van der Waals surface area contributed by atoms with E-state index in [1.807, 2.05) is 19.9 Å². The first-order valence-electron chi connectivity index (χ1n) is 10.3. The van der Waals surface area contributed by atoms with E-state index in [2.05, 4.69) is 0 Å². The Hall–Kier alpha value is -2.58. The Kier molecular flexibility index (Phi) is 7.46. The van der Waals surface area contributed by atoms with Crippen molar-refractivity contribution in [3.8, 4) is 0 Å². The van der Waals surface area contributed by atoms with Gasteiger partial charge in [0.05, 0.1) is 23.6 Å². The number of benzene rings is 2. The van der Waals surface area contributed by atoms with Crippen LogP contribution in [0.5, 0.6) is 0 Å². The molecule has 3 rings (SSSR count).